The summed E-state index contributed by atoms with van der Waals surface area (Å²) < 4.78 is 31.7. The first-order valence-corrected chi connectivity index (χ1v) is 12.8. The van der Waals surface area contributed by atoms with Crippen LogP contribution < -0.4 is 0 Å². The Labute approximate surface area is 200 Å². The summed E-state index contributed by atoms with van der Waals surface area (Å²) in [6.07, 6.45) is 0.579. The SMILES string of the molecule is CCC(C)(CC(C)(Br)C(=O)OCCN(C)C)C(=O)OCCOP(=O)(O)OCC[N+](C)(C)C. The van der Waals surface area contributed by atoms with Crippen LogP contribution in [0.1, 0.15) is 33.6 Å². The molecule has 0 aromatic heterocycles. The van der Waals surface area contributed by atoms with Gasteiger partial charge in [-0.1, -0.05) is 22.9 Å². The van der Waals surface area contributed by atoms with Gasteiger partial charge in [0, 0.05) is 6.54 Å². The summed E-state index contributed by atoms with van der Waals surface area (Å²) >= 11 is 3.40. The molecule has 0 bridgehead atoms. The molecule has 0 saturated carbocycles. The number of hydrogen-bond donors (Lipinski definition) is 1. The highest BCUT2D eigenvalue weighted by atomic mass is 79.9. The number of carbonyl (C=O) groups is 2. The maximum atomic E-state index is 12.7. The van der Waals surface area contributed by atoms with Gasteiger partial charge in [0.15, 0.2) is 0 Å². The molecule has 0 rings (SSSR count). The quantitative estimate of drug-likeness (QED) is 0.102. The molecule has 12 heteroatoms. The van der Waals surface area contributed by atoms with Crippen molar-refractivity contribution in [2.75, 3.05) is 74.8 Å². The van der Waals surface area contributed by atoms with Gasteiger partial charge in [0.1, 0.15) is 30.7 Å². The fraction of sp³-hybridized carbons (Fsp3) is 0.900. The molecular weight excluding hydrogens is 507 g/mol. The van der Waals surface area contributed by atoms with Gasteiger partial charge < -0.3 is 23.8 Å². The summed E-state index contributed by atoms with van der Waals surface area (Å²) in [5, 5.41) is 0. The summed E-state index contributed by atoms with van der Waals surface area (Å²) in [4.78, 5) is 36.7. The lowest BCUT2D eigenvalue weighted by Crippen LogP contribution is -2.41. The van der Waals surface area contributed by atoms with E-state index >= 15 is 0 Å². The van der Waals surface area contributed by atoms with Crippen molar-refractivity contribution in [3.8, 4) is 0 Å². The zero-order valence-electron chi connectivity index (χ0n) is 20.7. The maximum absolute atomic E-state index is 12.7. The molecule has 0 radical (unpaired) electrons. The van der Waals surface area contributed by atoms with E-state index in [2.05, 4.69) is 15.9 Å². The number of halogens is 1. The van der Waals surface area contributed by atoms with Crippen LogP contribution in [0.2, 0.25) is 0 Å². The normalized spacial score (nSPS) is 17.8. The second-order valence-electron chi connectivity index (χ2n) is 9.51. The van der Waals surface area contributed by atoms with Gasteiger partial charge in [0.2, 0.25) is 0 Å². The van der Waals surface area contributed by atoms with Crippen molar-refractivity contribution in [2.45, 2.75) is 37.9 Å². The van der Waals surface area contributed by atoms with Crippen molar-refractivity contribution in [1.29, 1.82) is 0 Å². The van der Waals surface area contributed by atoms with Crippen molar-refractivity contribution in [3.63, 3.8) is 0 Å². The van der Waals surface area contributed by atoms with E-state index < -0.39 is 29.5 Å². The summed E-state index contributed by atoms with van der Waals surface area (Å²) in [5.41, 5.74) is -0.969. The Morgan fingerprint density at radius 1 is 1.00 bits per heavy atom. The summed E-state index contributed by atoms with van der Waals surface area (Å²) in [6.45, 7) is 6.09. The topological polar surface area (TPSA) is 112 Å². The monoisotopic (exact) mass is 547 g/mol. The number of quaternary nitrogens is 1. The van der Waals surface area contributed by atoms with E-state index in [-0.39, 0.29) is 32.8 Å². The molecular formula is C20H41BrN2O8P+. The first-order chi connectivity index (χ1) is 14.4. The maximum Gasteiger partial charge on any atom is 0.472 e. The van der Waals surface area contributed by atoms with Crippen LogP contribution in [0.15, 0.2) is 0 Å². The molecule has 0 fully saturated rings. The number of esters is 2. The lowest BCUT2D eigenvalue weighted by atomic mass is 9.79. The molecule has 3 atom stereocenters. The molecule has 0 aromatic rings. The van der Waals surface area contributed by atoms with Crippen LogP contribution in [0.25, 0.3) is 0 Å². The largest absolute Gasteiger partial charge is 0.472 e. The van der Waals surface area contributed by atoms with Crippen molar-refractivity contribution in [2.24, 2.45) is 5.41 Å². The molecule has 0 spiro atoms. The summed E-state index contributed by atoms with van der Waals surface area (Å²) in [5.74, 6) is -0.989. The predicted molar refractivity (Wildman–Crippen MR) is 125 cm³/mol. The minimum Gasteiger partial charge on any atom is -0.463 e. The van der Waals surface area contributed by atoms with E-state index in [1.165, 1.54) is 0 Å². The molecule has 32 heavy (non-hydrogen) atoms. The average Bonchev–Trinajstić information content (AvgIpc) is 2.62. The molecule has 0 saturated heterocycles. The average molecular weight is 548 g/mol. The molecule has 0 heterocycles. The highest BCUT2D eigenvalue weighted by Gasteiger charge is 2.44. The fourth-order valence-corrected chi connectivity index (χ4v) is 3.97. The van der Waals surface area contributed by atoms with Gasteiger partial charge in [-0.15, -0.1) is 0 Å². The van der Waals surface area contributed by atoms with Gasteiger partial charge in [-0.05, 0) is 40.8 Å². The van der Waals surface area contributed by atoms with Crippen molar-refractivity contribution >= 4 is 35.7 Å². The number of rotatable bonds is 16. The summed E-state index contributed by atoms with van der Waals surface area (Å²) in [6, 6.07) is 0. The third-order valence-electron chi connectivity index (χ3n) is 4.78. The van der Waals surface area contributed by atoms with E-state index in [4.69, 9.17) is 18.5 Å². The molecule has 0 aliphatic rings. The Morgan fingerprint density at radius 2 is 1.53 bits per heavy atom. The number of ether oxygens (including phenoxy) is 2. The fourth-order valence-electron chi connectivity index (χ4n) is 2.55. The van der Waals surface area contributed by atoms with E-state index in [1.807, 2.05) is 47.1 Å². The highest BCUT2D eigenvalue weighted by molar-refractivity contribution is 9.10. The third kappa shape index (κ3) is 13.2. The number of likely N-dealkylation sites (N-methyl/N-ethyl adjacent to an activating group) is 2. The van der Waals surface area contributed by atoms with E-state index in [0.717, 1.165) is 0 Å². The van der Waals surface area contributed by atoms with Crippen LogP contribution in [0.4, 0.5) is 0 Å². The molecule has 10 nitrogen and oxygen atoms in total. The summed E-state index contributed by atoms with van der Waals surface area (Å²) in [7, 11) is 5.32. The van der Waals surface area contributed by atoms with Crippen LogP contribution in [-0.2, 0) is 32.7 Å². The van der Waals surface area contributed by atoms with Crippen molar-refractivity contribution < 1.29 is 42.1 Å². The second-order valence-corrected chi connectivity index (χ2v) is 12.7. The van der Waals surface area contributed by atoms with Crippen LogP contribution in [-0.4, -0.2) is 105 Å². The Kier molecular flexibility index (Phi) is 13.1. The van der Waals surface area contributed by atoms with Gasteiger partial charge in [-0.3, -0.25) is 18.6 Å². The second kappa shape index (κ2) is 13.4. The van der Waals surface area contributed by atoms with E-state index in [0.29, 0.717) is 24.0 Å². The zero-order valence-corrected chi connectivity index (χ0v) is 23.2. The Bertz CT molecular complexity index is 654. The van der Waals surface area contributed by atoms with Crippen LogP contribution in [0, 0.1) is 5.41 Å². The van der Waals surface area contributed by atoms with E-state index in [1.54, 1.807) is 13.8 Å². The number of alkyl halides is 1. The molecule has 0 amide bonds. The molecule has 0 aliphatic heterocycles. The van der Waals surface area contributed by atoms with Crippen LogP contribution >= 0.6 is 23.8 Å². The van der Waals surface area contributed by atoms with Gasteiger partial charge in [0.05, 0.1) is 33.2 Å². The van der Waals surface area contributed by atoms with Gasteiger partial charge >= 0.3 is 19.8 Å². The molecule has 1 N–H and O–H groups in total. The highest BCUT2D eigenvalue weighted by Crippen LogP contribution is 2.43. The van der Waals surface area contributed by atoms with Crippen molar-refractivity contribution in [1.82, 2.24) is 4.90 Å². The molecule has 0 aromatic carbocycles. The minimum absolute atomic E-state index is 0.0550. The number of carbonyl (C=O) groups excluding carboxylic acids is 2. The minimum atomic E-state index is -4.22. The lowest BCUT2D eigenvalue weighted by Gasteiger charge is -2.32. The first kappa shape index (κ1) is 31.4. The molecule has 3 unspecified atom stereocenters. The third-order valence-corrected chi connectivity index (χ3v) is 6.40. The Morgan fingerprint density at radius 3 is 2.03 bits per heavy atom. The van der Waals surface area contributed by atoms with Gasteiger partial charge in [0.25, 0.3) is 0 Å². The smallest absolute Gasteiger partial charge is 0.463 e. The van der Waals surface area contributed by atoms with E-state index in [9.17, 15) is 19.0 Å². The number of nitrogens with zero attached hydrogens (tertiary/aromatic N) is 2. The first-order valence-electron chi connectivity index (χ1n) is 10.5. The zero-order chi connectivity index (χ0) is 25.2. The predicted octanol–water partition coefficient (Wildman–Crippen LogP) is 2.43. The number of phosphoric acid groups is 1. The van der Waals surface area contributed by atoms with Crippen molar-refractivity contribution in [3.05, 3.63) is 0 Å². The Balaban J connectivity index is 4.64. The Hall–Kier alpha value is -0.550. The van der Waals surface area contributed by atoms with Crippen LogP contribution in [0.3, 0.4) is 0 Å². The van der Waals surface area contributed by atoms with Gasteiger partial charge in [-0.25, -0.2) is 4.57 Å². The standard InChI is InChI=1S/C20H40BrN2O8P/c1-9-19(2,16-20(3,21)18(25)28-12-10-22(4)5)17(24)29-14-15-31-32(26,27)30-13-11-23(6,7)8/h9-16H2,1-8H3/p+1. The lowest BCUT2D eigenvalue weighted by molar-refractivity contribution is -0.870. The van der Waals surface area contributed by atoms with Crippen LogP contribution in [0.5, 0.6) is 0 Å². The molecule has 0 aliphatic carbocycles. The molecule has 190 valence electrons. The van der Waals surface area contributed by atoms with Gasteiger partial charge in [-0.2, -0.15) is 0 Å². The number of hydrogen-bond acceptors (Lipinski definition) is 8. The number of phosphoric ester groups is 1.